The van der Waals surface area contributed by atoms with Crippen molar-refractivity contribution in [2.45, 2.75) is 52.4 Å². The molecule has 4 nitrogen and oxygen atoms in total. The highest BCUT2D eigenvalue weighted by atomic mass is 16.3. The van der Waals surface area contributed by atoms with Crippen molar-refractivity contribution in [2.75, 3.05) is 9.80 Å². The van der Waals surface area contributed by atoms with Gasteiger partial charge >= 0.3 is 0 Å². The summed E-state index contributed by atoms with van der Waals surface area (Å²) in [5.74, 6) is 1.60. The lowest BCUT2D eigenvalue weighted by molar-refractivity contribution is 0.590. The van der Waals surface area contributed by atoms with Crippen LogP contribution in [0.5, 0.6) is 0 Å². The molecule has 0 bridgehead atoms. The number of furan rings is 2. The summed E-state index contributed by atoms with van der Waals surface area (Å²) in [5, 5.41) is 8.58. The van der Waals surface area contributed by atoms with Crippen LogP contribution in [0.15, 0.2) is 324 Å². The van der Waals surface area contributed by atoms with Crippen molar-refractivity contribution < 1.29 is 8.83 Å². The predicted octanol–water partition coefficient (Wildman–Crippen LogP) is 26.2. The highest BCUT2D eigenvalue weighted by Gasteiger charge is 2.25. The molecule has 0 fully saturated rings. The topological polar surface area (TPSA) is 32.8 Å². The van der Waals surface area contributed by atoms with E-state index in [0.29, 0.717) is 0 Å². The second-order valence-corrected chi connectivity index (χ2v) is 27.0. The normalized spacial score (nSPS) is 11.9. The van der Waals surface area contributed by atoms with Crippen molar-refractivity contribution in [3.8, 4) is 67.2 Å². The second-order valence-electron chi connectivity index (χ2n) is 27.0. The fourth-order valence-electron chi connectivity index (χ4n) is 13.6. The van der Waals surface area contributed by atoms with Gasteiger partial charge in [0.15, 0.2) is 0 Å². The summed E-state index contributed by atoms with van der Waals surface area (Å²) in [6, 6.07) is 114. The lowest BCUT2D eigenvalue weighted by atomic mass is 9.87. The Morgan fingerprint density at radius 1 is 0.223 bits per heavy atom. The maximum Gasteiger partial charge on any atom is 0.143 e. The van der Waals surface area contributed by atoms with Crippen LogP contribution in [0.4, 0.5) is 34.1 Å². The van der Waals surface area contributed by atoms with Crippen LogP contribution in [0, 0.1) is 0 Å². The number of fused-ring (bicyclic) bond motifs is 7. The zero-order valence-electron chi connectivity index (χ0n) is 53.7. The molecule has 0 amide bonds. The molecule has 16 aromatic rings. The Morgan fingerprint density at radius 2 is 0.532 bits per heavy atom. The Labute approximate surface area is 549 Å². The lowest BCUT2D eigenvalue weighted by Gasteiger charge is -2.28. The molecular formula is C90H70N2O2. The van der Waals surface area contributed by atoms with E-state index in [2.05, 4.69) is 367 Å². The summed E-state index contributed by atoms with van der Waals surface area (Å²) < 4.78 is 14.6. The third kappa shape index (κ3) is 10.9. The summed E-state index contributed by atoms with van der Waals surface area (Å²) in [6.07, 6.45) is 0. The molecule has 0 saturated carbocycles. The summed E-state index contributed by atoms with van der Waals surface area (Å²) in [5.41, 5.74) is 21.9. The Morgan fingerprint density at radius 3 is 0.904 bits per heavy atom. The molecule has 2 heterocycles. The van der Waals surface area contributed by atoms with Gasteiger partial charge in [-0.25, -0.2) is 0 Å². The number of hydrogen-bond donors (Lipinski definition) is 0. The van der Waals surface area contributed by atoms with Gasteiger partial charge in [0, 0.05) is 66.8 Å². The van der Waals surface area contributed by atoms with E-state index in [1.165, 1.54) is 33.4 Å². The molecule has 0 radical (unpaired) electrons. The van der Waals surface area contributed by atoms with Gasteiger partial charge in [0.2, 0.25) is 0 Å². The van der Waals surface area contributed by atoms with E-state index >= 15 is 0 Å². The summed E-state index contributed by atoms with van der Waals surface area (Å²) >= 11 is 0. The van der Waals surface area contributed by atoms with E-state index < -0.39 is 0 Å². The first-order valence-corrected chi connectivity index (χ1v) is 32.6. The Balaban J connectivity index is 0.791. The molecule has 14 aromatic carbocycles. The Kier molecular flexibility index (Phi) is 14.3. The summed E-state index contributed by atoms with van der Waals surface area (Å²) in [7, 11) is 0. The average molecular weight is 1210 g/mol. The highest BCUT2D eigenvalue weighted by molar-refractivity contribution is 6.22. The fourth-order valence-corrected chi connectivity index (χ4v) is 13.6. The lowest BCUT2D eigenvalue weighted by Crippen LogP contribution is -2.14. The van der Waals surface area contributed by atoms with Gasteiger partial charge in [-0.3, -0.25) is 0 Å². The van der Waals surface area contributed by atoms with Gasteiger partial charge in [0.1, 0.15) is 22.7 Å². The van der Waals surface area contributed by atoms with Gasteiger partial charge in [-0.2, -0.15) is 0 Å². The third-order valence-electron chi connectivity index (χ3n) is 18.7. The van der Waals surface area contributed by atoms with Crippen LogP contribution in [0.3, 0.4) is 0 Å². The van der Waals surface area contributed by atoms with Gasteiger partial charge in [-0.1, -0.05) is 248 Å². The van der Waals surface area contributed by atoms with E-state index in [1.807, 2.05) is 0 Å². The summed E-state index contributed by atoms with van der Waals surface area (Å²) in [6.45, 7) is 13.7. The molecule has 452 valence electrons. The monoisotopic (exact) mass is 1210 g/mol. The number of hydrogen-bond acceptors (Lipinski definition) is 4. The number of rotatable bonds is 12. The van der Waals surface area contributed by atoms with Crippen LogP contribution in [0.2, 0.25) is 0 Å². The van der Waals surface area contributed by atoms with Crippen LogP contribution in [-0.4, -0.2) is 0 Å². The minimum atomic E-state index is -0.0157. The predicted molar refractivity (Wildman–Crippen MR) is 398 cm³/mol. The van der Waals surface area contributed by atoms with E-state index in [9.17, 15) is 0 Å². The first-order valence-electron chi connectivity index (χ1n) is 32.6. The van der Waals surface area contributed by atoms with E-state index in [1.54, 1.807) is 0 Å². The van der Waals surface area contributed by atoms with Gasteiger partial charge in [-0.05, 0) is 197 Å². The molecule has 0 N–H and O–H groups in total. The first-order chi connectivity index (χ1) is 45.8. The van der Waals surface area contributed by atoms with Crippen LogP contribution in [0.1, 0.15) is 52.7 Å². The fraction of sp³-hybridized carbons (Fsp3) is 0.0889. The zero-order chi connectivity index (χ0) is 63.7. The minimum absolute atomic E-state index is 0.0157. The zero-order valence-corrected chi connectivity index (χ0v) is 53.7. The molecule has 0 atom stereocenters. The van der Waals surface area contributed by atoms with Crippen molar-refractivity contribution in [2.24, 2.45) is 0 Å². The van der Waals surface area contributed by atoms with Gasteiger partial charge in [0.25, 0.3) is 0 Å². The quantitative estimate of drug-likeness (QED) is 0.122. The van der Waals surface area contributed by atoms with Crippen molar-refractivity contribution in [1.82, 2.24) is 0 Å². The first kappa shape index (κ1) is 57.7. The molecule has 0 spiro atoms. The minimum Gasteiger partial charge on any atom is -0.455 e. The van der Waals surface area contributed by atoms with E-state index in [-0.39, 0.29) is 10.8 Å². The van der Waals surface area contributed by atoms with Gasteiger partial charge < -0.3 is 18.6 Å². The van der Waals surface area contributed by atoms with Gasteiger partial charge in [-0.15, -0.1) is 0 Å². The number of benzene rings is 14. The Bertz CT molecular complexity index is 5140. The molecule has 0 aliphatic rings. The van der Waals surface area contributed by atoms with E-state index in [4.69, 9.17) is 8.83 Å². The maximum atomic E-state index is 7.29. The van der Waals surface area contributed by atoms with Crippen LogP contribution < -0.4 is 9.80 Å². The van der Waals surface area contributed by atoms with Crippen molar-refractivity contribution in [3.05, 3.63) is 327 Å². The average Bonchev–Trinajstić information content (AvgIpc) is 1.52. The van der Waals surface area contributed by atoms with E-state index in [0.717, 1.165) is 133 Å². The molecular weight excluding hydrogens is 1140 g/mol. The molecule has 2 aromatic heterocycles. The van der Waals surface area contributed by atoms with Crippen molar-refractivity contribution >= 4 is 88.4 Å². The third-order valence-corrected chi connectivity index (χ3v) is 18.7. The molecule has 0 aliphatic carbocycles. The van der Waals surface area contributed by atoms with Crippen molar-refractivity contribution in [3.63, 3.8) is 0 Å². The molecule has 4 heteroatoms. The number of anilines is 6. The highest BCUT2D eigenvalue weighted by Crippen LogP contribution is 2.48. The van der Waals surface area contributed by atoms with Crippen LogP contribution in [-0.2, 0) is 10.8 Å². The van der Waals surface area contributed by atoms with Gasteiger partial charge in [0.05, 0.1) is 0 Å². The largest absolute Gasteiger partial charge is 0.455 e. The molecule has 0 saturated heterocycles. The SMILES string of the molecule is CC(C)(C)c1cccc(N(c2ccc(-c3ccccc3)cc2)c2ccc3cc(-c4cc5c(-c6ccccc6)cc6c(cc(-c7ccccc7)c7cc(-c8ccc9cc(N(c%10ccc(-c%11ccccc%11)cc%10)c%10cccc(C(C)(C)C)c%10)ccc9c8)oc76)c5o4)ccc3c2)c1. The standard InChI is InChI=1S/C90H70N2O2/c1-89(2,3)71-29-19-31-75(53-71)91(73-43-37-61(38-44-73)59-21-11-7-12-22-59)77-47-41-65-49-69(35-33-67(65)51-77)85-57-83-79(63-25-15-9-16-26-63)55-82-81(87(83)93-85)56-80(64-27-17-10-18-28-64)84-58-86(94-88(82)84)70-36-34-68-52-78(48-42-66(68)50-70)92(76-32-20-30-72(54-76)90(4,5)6)74-45-39-62(40-46-74)60-23-13-8-14-24-60/h7-58H,1-6H3. The smallest absolute Gasteiger partial charge is 0.143 e. The Hall–Kier alpha value is -11.5. The molecule has 94 heavy (non-hydrogen) atoms. The van der Waals surface area contributed by atoms with Crippen LogP contribution in [0.25, 0.3) is 121 Å². The van der Waals surface area contributed by atoms with Crippen molar-refractivity contribution in [1.29, 1.82) is 0 Å². The maximum absolute atomic E-state index is 7.29. The molecule has 16 rings (SSSR count). The summed E-state index contributed by atoms with van der Waals surface area (Å²) in [4.78, 5) is 4.75. The molecule has 0 aliphatic heterocycles. The molecule has 0 unspecified atom stereocenters. The second kappa shape index (κ2) is 23.3. The number of nitrogens with zero attached hydrogens (tertiary/aromatic N) is 2. The van der Waals surface area contributed by atoms with Crippen LogP contribution >= 0.6 is 0 Å².